The molecule has 0 spiro atoms. The number of rotatable bonds is 10. The molecule has 0 saturated heterocycles. The van der Waals surface area contributed by atoms with Gasteiger partial charge in [0.25, 0.3) is 0 Å². The van der Waals surface area contributed by atoms with Crippen molar-refractivity contribution in [3.05, 3.63) is 71.8 Å². The minimum atomic E-state index is -3.01. The van der Waals surface area contributed by atoms with Gasteiger partial charge in [0.1, 0.15) is 0 Å². The topological polar surface area (TPSA) is 6.48 Å². The molecule has 0 fully saturated rings. The van der Waals surface area contributed by atoms with Crippen LogP contribution in [0.15, 0.2) is 60.7 Å². The molecule has 0 aromatic heterocycles. The zero-order valence-electron chi connectivity index (χ0n) is 19.2. The summed E-state index contributed by atoms with van der Waals surface area (Å²) in [6, 6.07) is 21.4. The Labute approximate surface area is 184 Å². The van der Waals surface area contributed by atoms with E-state index in [9.17, 15) is 0 Å². The molecule has 4 heteroatoms. The predicted molar refractivity (Wildman–Crippen MR) is 133 cm³/mol. The van der Waals surface area contributed by atoms with E-state index in [0.717, 1.165) is 37.2 Å². The monoisotopic (exact) mass is 496 g/mol. The number of nitrogens with zero attached hydrogens (tertiary/aromatic N) is 2. The molecule has 2 rings (SSSR count). The van der Waals surface area contributed by atoms with Crippen LogP contribution in [0.3, 0.4) is 0 Å². The Bertz CT molecular complexity index is 754. The van der Waals surface area contributed by atoms with Crippen LogP contribution in [0.4, 0.5) is 0 Å². The van der Waals surface area contributed by atoms with E-state index in [0.29, 0.717) is 4.18 Å². The molecule has 0 bridgehead atoms. The summed E-state index contributed by atoms with van der Waals surface area (Å²) in [5.41, 5.74) is 3.38. The normalized spacial score (nSPS) is 13.3. The summed E-state index contributed by atoms with van der Waals surface area (Å²) in [6.07, 6.45) is 0. The average Bonchev–Trinajstić information content (AvgIpc) is 2.75. The van der Waals surface area contributed by atoms with Gasteiger partial charge in [-0.3, -0.25) is 0 Å². The second-order valence-electron chi connectivity index (χ2n) is 8.06. The molecule has 2 radical (unpaired) electrons. The average molecular weight is 495 g/mol. The van der Waals surface area contributed by atoms with Crippen molar-refractivity contribution >= 4 is 35.3 Å². The van der Waals surface area contributed by atoms with Crippen molar-refractivity contribution < 1.29 is 0 Å². The van der Waals surface area contributed by atoms with Crippen molar-refractivity contribution in [1.29, 1.82) is 0 Å². The SMILES string of the molecule is [B]/C(=[C](/c1ccccc1)[Sn]([CH3])([CH3])[CH](N(CC)CC)N(CC)CC)c1ccccc1. The van der Waals surface area contributed by atoms with Crippen LogP contribution in [0, 0.1) is 0 Å². The molecule has 0 unspecified atom stereocenters. The Morgan fingerprint density at radius 3 is 1.48 bits per heavy atom. The van der Waals surface area contributed by atoms with Crippen LogP contribution in [-0.2, 0) is 0 Å². The molecule has 0 heterocycles. The predicted octanol–water partition coefficient (Wildman–Crippen LogP) is 5.52. The molecule has 154 valence electrons. The van der Waals surface area contributed by atoms with Gasteiger partial charge in [0.05, 0.1) is 0 Å². The fourth-order valence-corrected chi connectivity index (χ4v) is 17.7. The summed E-state index contributed by atoms with van der Waals surface area (Å²) >= 11 is -3.01. The van der Waals surface area contributed by atoms with E-state index < -0.39 is 18.4 Å². The second-order valence-corrected chi connectivity index (χ2v) is 20.8. The van der Waals surface area contributed by atoms with Crippen LogP contribution < -0.4 is 0 Å². The van der Waals surface area contributed by atoms with Crippen molar-refractivity contribution in [2.24, 2.45) is 0 Å². The molecule has 2 aromatic rings. The molecule has 0 saturated carbocycles. The van der Waals surface area contributed by atoms with Crippen molar-refractivity contribution in [3.63, 3.8) is 0 Å². The van der Waals surface area contributed by atoms with E-state index >= 15 is 0 Å². The maximum atomic E-state index is 6.96. The molecule has 0 aliphatic carbocycles. The molecule has 2 nitrogen and oxygen atoms in total. The van der Waals surface area contributed by atoms with Crippen LogP contribution in [-0.4, -0.2) is 66.4 Å². The molecule has 0 aliphatic rings. The minimum absolute atomic E-state index is 0.465. The van der Waals surface area contributed by atoms with Crippen LogP contribution >= 0.6 is 0 Å². The number of hydrogen-bond donors (Lipinski definition) is 0. The van der Waals surface area contributed by atoms with Gasteiger partial charge in [-0.15, -0.1) is 0 Å². The zero-order chi connectivity index (χ0) is 21.4. The van der Waals surface area contributed by atoms with E-state index in [-0.39, 0.29) is 0 Å². The standard InChI is InChI=1S/C14H10B.C9H21N2.2CH3.Sn/c15-14(13-9-5-2-6-10-13)11-12-7-3-1-4-8-12;1-5-10(6-2)9-11(7-3)8-4;;;/h1-10H;9H,5-8H2,1-4H3;2*1H3;. The van der Waals surface area contributed by atoms with E-state index in [2.05, 4.69) is 108 Å². The molecular formula is C25H37BN2Sn. The van der Waals surface area contributed by atoms with Crippen molar-refractivity contribution in [1.82, 2.24) is 9.80 Å². The Hall–Kier alpha value is -1.04. The van der Waals surface area contributed by atoms with E-state index in [1.54, 1.807) is 0 Å². The van der Waals surface area contributed by atoms with Gasteiger partial charge < -0.3 is 0 Å². The van der Waals surface area contributed by atoms with Gasteiger partial charge in [0, 0.05) is 0 Å². The summed E-state index contributed by atoms with van der Waals surface area (Å²) in [6.45, 7) is 13.4. The second kappa shape index (κ2) is 11.4. The molecule has 29 heavy (non-hydrogen) atoms. The van der Waals surface area contributed by atoms with E-state index in [4.69, 9.17) is 7.85 Å². The summed E-state index contributed by atoms with van der Waals surface area (Å²) < 4.78 is 1.89. The third kappa shape index (κ3) is 5.56. The van der Waals surface area contributed by atoms with E-state index in [1.165, 1.54) is 9.15 Å². The quantitative estimate of drug-likeness (QED) is 0.244. The van der Waals surface area contributed by atoms with Gasteiger partial charge in [0.2, 0.25) is 0 Å². The Kier molecular flexibility index (Phi) is 9.51. The van der Waals surface area contributed by atoms with Crippen molar-refractivity contribution in [2.75, 3.05) is 26.2 Å². The molecule has 0 atom stereocenters. The van der Waals surface area contributed by atoms with Crippen LogP contribution in [0.2, 0.25) is 9.88 Å². The molecule has 2 aromatic carbocycles. The van der Waals surface area contributed by atoms with Crippen LogP contribution in [0.5, 0.6) is 0 Å². The van der Waals surface area contributed by atoms with Gasteiger partial charge >= 0.3 is 185 Å². The van der Waals surface area contributed by atoms with E-state index in [1.807, 2.05) is 0 Å². The van der Waals surface area contributed by atoms with Gasteiger partial charge in [-0.05, 0) is 0 Å². The first-order valence-corrected chi connectivity index (χ1v) is 19.8. The summed E-state index contributed by atoms with van der Waals surface area (Å²) in [7, 11) is 6.96. The van der Waals surface area contributed by atoms with Crippen LogP contribution in [0.1, 0.15) is 38.8 Å². The van der Waals surface area contributed by atoms with Gasteiger partial charge in [0.15, 0.2) is 0 Å². The fraction of sp³-hybridized carbons (Fsp3) is 0.440. The van der Waals surface area contributed by atoms with Gasteiger partial charge in [-0.2, -0.15) is 0 Å². The summed E-state index contributed by atoms with van der Waals surface area (Å²) in [5.74, 6) is 0. The molecular weight excluding hydrogens is 458 g/mol. The first-order chi connectivity index (χ1) is 13.9. The zero-order valence-corrected chi connectivity index (χ0v) is 22.0. The Balaban J connectivity index is 2.75. The van der Waals surface area contributed by atoms with Crippen LogP contribution in [0.25, 0.3) is 9.06 Å². The Morgan fingerprint density at radius 1 is 0.724 bits per heavy atom. The fourth-order valence-electron chi connectivity index (χ4n) is 4.65. The molecule has 0 aliphatic heterocycles. The third-order valence-electron chi connectivity index (χ3n) is 6.02. The van der Waals surface area contributed by atoms with Crippen molar-refractivity contribution in [2.45, 2.75) is 41.8 Å². The Morgan fingerprint density at radius 2 is 1.10 bits per heavy atom. The first kappa shape index (κ1) is 24.2. The van der Waals surface area contributed by atoms with Gasteiger partial charge in [-0.25, -0.2) is 0 Å². The number of benzene rings is 2. The van der Waals surface area contributed by atoms with Crippen molar-refractivity contribution in [3.8, 4) is 0 Å². The first-order valence-electron chi connectivity index (χ1n) is 11.0. The summed E-state index contributed by atoms with van der Waals surface area (Å²) in [5, 5.41) is 0. The maximum absolute atomic E-state index is 6.96. The molecule has 0 amide bonds. The number of hydrogen-bond acceptors (Lipinski definition) is 2. The summed E-state index contributed by atoms with van der Waals surface area (Å²) in [4.78, 5) is 10.4. The molecule has 0 N–H and O–H groups in total. The third-order valence-corrected chi connectivity index (χ3v) is 17.1. The van der Waals surface area contributed by atoms with Gasteiger partial charge in [-0.1, -0.05) is 0 Å².